The molecule has 10 heteroatoms. The lowest BCUT2D eigenvalue weighted by Crippen LogP contribution is -2.00. The molecule has 0 aliphatic carbocycles. The fourth-order valence-corrected chi connectivity index (χ4v) is 9.30. The van der Waals surface area contributed by atoms with Crippen molar-refractivity contribution >= 4 is 88.0 Å². The minimum absolute atomic E-state index is 0.716. The second-order valence-electron chi connectivity index (χ2n) is 16.7. The summed E-state index contributed by atoms with van der Waals surface area (Å²) < 4.78 is 16.3. The molecule has 71 heavy (non-hydrogen) atoms. The van der Waals surface area contributed by atoms with E-state index in [4.69, 9.17) is 15.2 Å². The lowest BCUT2D eigenvalue weighted by molar-refractivity contribution is 0.416. The number of methoxy groups -OCH3 is 2. The van der Waals surface area contributed by atoms with Crippen LogP contribution in [-0.4, -0.2) is 33.3 Å². The van der Waals surface area contributed by atoms with Crippen molar-refractivity contribution in [2.75, 3.05) is 30.6 Å². The van der Waals surface area contributed by atoms with E-state index in [1.807, 2.05) is 116 Å². The van der Waals surface area contributed by atoms with Gasteiger partial charge in [-0.3, -0.25) is 9.13 Å². The molecule has 348 valence electrons. The molecular formula is C61H50BrN7O2. The van der Waals surface area contributed by atoms with Gasteiger partial charge in [0.1, 0.15) is 23.1 Å². The van der Waals surface area contributed by atoms with E-state index in [0.717, 1.165) is 67.8 Å². The third-order valence-corrected chi connectivity index (χ3v) is 12.7. The molecule has 4 heterocycles. The standard InChI is InChI=1S/C31H25N3O.C17H11BrN2.C13H14N2O/c1-35-30-15-7-5-13-27(30)33-26-12-4-2-10-23(26)20-22-17-18-25-24-11-3-6-14-28(24)34(29(25)21-22)31-16-8-9-19-32-31;18-12-8-9-14-13-5-1-2-6-15(13)20(16(14)11-12)17-7-3-4-10-19-17;1-16-13-9-5-4-8-12(13)15-11-7-3-2-6-10(11)14/h2-19,21,33H,20H2,1H3;1-11H;2-9,15H,14H2,1H3. The molecule has 0 aliphatic heterocycles. The van der Waals surface area contributed by atoms with E-state index in [1.165, 1.54) is 43.7 Å². The number of ether oxygens (including phenoxy) is 2. The highest BCUT2D eigenvalue weighted by Gasteiger charge is 2.15. The molecule has 0 unspecified atom stereocenters. The summed E-state index contributed by atoms with van der Waals surface area (Å²) >= 11 is 3.56. The second kappa shape index (κ2) is 21.2. The van der Waals surface area contributed by atoms with Crippen LogP contribution in [-0.2, 0) is 6.42 Å². The molecule has 0 amide bonds. The summed E-state index contributed by atoms with van der Waals surface area (Å²) in [5, 5.41) is 11.8. The number of nitrogens with two attached hydrogens (primary N) is 1. The average molecular weight is 993 g/mol. The van der Waals surface area contributed by atoms with Crippen molar-refractivity contribution < 1.29 is 9.47 Å². The van der Waals surface area contributed by atoms with Crippen LogP contribution in [0, 0.1) is 0 Å². The zero-order chi connectivity index (χ0) is 48.5. The number of anilines is 5. The first-order valence-electron chi connectivity index (χ1n) is 23.2. The van der Waals surface area contributed by atoms with Crippen LogP contribution in [0.1, 0.15) is 11.1 Å². The van der Waals surface area contributed by atoms with Gasteiger partial charge in [0.25, 0.3) is 0 Å². The smallest absolute Gasteiger partial charge is 0.142 e. The van der Waals surface area contributed by atoms with Crippen molar-refractivity contribution in [2.24, 2.45) is 0 Å². The first-order chi connectivity index (χ1) is 35.0. The third-order valence-electron chi connectivity index (χ3n) is 12.3. The van der Waals surface area contributed by atoms with Crippen LogP contribution in [0.25, 0.3) is 55.2 Å². The van der Waals surface area contributed by atoms with E-state index in [-0.39, 0.29) is 0 Å². The second-order valence-corrected chi connectivity index (χ2v) is 17.6. The molecule has 8 aromatic carbocycles. The van der Waals surface area contributed by atoms with E-state index in [2.05, 4.69) is 161 Å². The zero-order valence-electron chi connectivity index (χ0n) is 39.2. The van der Waals surface area contributed by atoms with Crippen LogP contribution in [0.5, 0.6) is 11.5 Å². The summed E-state index contributed by atoms with van der Waals surface area (Å²) in [4.78, 5) is 9.15. The number of rotatable bonds is 10. The molecule has 0 aliphatic rings. The molecule has 12 rings (SSSR count). The number of para-hydroxylation sites is 9. The number of pyridine rings is 2. The summed E-state index contributed by atoms with van der Waals surface area (Å²) in [5.41, 5.74) is 17.5. The fourth-order valence-electron chi connectivity index (χ4n) is 8.95. The summed E-state index contributed by atoms with van der Waals surface area (Å²) in [7, 11) is 3.34. The predicted molar refractivity (Wildman–Crippen MR) is 298 cm³/mol. The molecule has 0 bridgehead atoms. The molecule has 4 aromatic heterocycles. The number of fused-ring (bicyclic) bond motifs is 6. The van der Waals surface area contributed by atoms with E-state index in [1.54, 1.807) is 14.2 Å². The highest BCUT2D eigenvalue weighted by Crippen LogP contribution is 2.36. The first kappa shape index (κ1) is 45.9. The van der Waals surface area contributed by atoms with Gasteiger partial charge in [0.05, 0.1) is 59.0 Å². The number of aromatic nitrogens is 4. The van der Waals surface area contributed by atoms with Gasteiger partial charge in [-0.25, -0.2) is 9.97 Å². The van der Waals surface area contributed by atoms with Gasteiger partial charge in [-0.15, -0.1) is 0 Å². The van der Waals surface area contributed by atoms with Gasteiger partial charge in [0.15, 0.2) is 0 Å². The Hall–Kier alpha value is -8.86. The van der Waals surface area contributed by atoms with Crippen molar-refractivity contribution in [3.63, 3.8) is 0 Å². The molecule has 0 radical (unpaired) electrons. The number of nitrogens with one attached hydrogen (secondary N) is 2. The fraction of sp³-hybridized carbons (Fsp3) is 0.0492. The molecule has 9 nitrogen and oxygen atoms in total. The minimum atomic E-state index is 0.716. The van der Waals surface area contributed by atoms with Gasteiger partial charge in [-0.1, -0.05) is 137 Å². The first-order valence-corrected chi connectivity index (χ1v) is 24.0. The minimum Gasteiger partial charge on any atom is -0.495 e. The Kier molecular flexibility index (Phi) is 13.7. The number of halogens is 1. The van der Waals surface area contributed by atoms with E-state index < -0.39 is 0 Å². The molecule has 0 fully saturated rings. The van der Waals surface area contributed by atoms with Gasteiger partial charge in [-0.05, 0) is 115 Å². The van der Waals surface area contributed by atoms with Crippen LogP contribution in [0.3, 0.4) is 0 Å². The monoisotopic (exact) mass is 991 g/mol. The van der Waals surface area contributed by atoms with Crippen molar-refractivity contribution in [1.82, 2.24) is 19.1 Å². The Labute approximate surface area is 420 Å². The quantitative estimate of drug-likeness (QED) is 0.117. The van der Waals surface area contributed by atoms with Crippen LogP contribution in [0.4, 0.5) is 28.4 Å². The Morgan fingerprint density at radius 2 is 0.887 bits per heavy atom. The highest BCUT2D eigenvalue weighted by atomic mass is 79.9. The number of nitrogens with zero attached hydrogens (tertiary/aromatic N) is 4. The Balaban J connectivity index is 0.000000136. The van der Waals surface area contributed by atoms with Crippen LogP contribution < -0.4 is 25.8 Å². The lowest BCUT2D eigenvalue weighted by atomic mass is 10.0. The average Bonchev–Trinajstić information content (AvgIpc) is 3.93. The summed E-state index contributed by atoms with van der Waals surface area (Å²) in [6, 6.07) is 73.9. The van der Waals surface area contributed by atoms with Crippen LogP contribution >= 0.6 is 15.9 Å². The SMILES string of the molecule is Brc1ccc2c3ccccc3n(-c3ccccn3)c2c1.COc1ccccc1Nc1ccccc1Cc1ccc2c3ccccc3n(-c3ccccn3)c2c1.COc1ccccc1Nc1ccccc1N. The van der Waals surface area contributed by atoms with Gasteiger partial charge < -0.3 is 25.8 Å². The molecule has 4 N–H and O–H groups in total. The maximum Gasteiger partial charge on any atom is 0.142 e. The lowest BCUT2D eigenvalue weighted by Gasteiger charge is -2.15. The molecule has 0 spiro atoms. The van der Waals surface area contributed by atoms with E-state index in [9.17, 15) is 0 Å². The van der Waals surface area contributed by atoms with Gasteiger partial charge >= 0.3 is 0 Å². The van der Waals surface area contributed by atoms with Gasteiger partial charge in [-0.2, -0.15) is 0 Å². The normalized spacial score (nSPS) is 10.9. The highest BCUT2D eigenvalue weighted by molar-refractivity contribution is 9.10. The predicted octanol–water partition coefficient (Wildman–Crippen LogP) is 15.5. The molecule has 0 saturated heterocycles. The van der Waals surface area contributed by atoms with E-state index in [0.29, 0.717) is 5.69 Å². The summed E-state index contributed by atoms with van der Waals surface area (Å²) in [6.07, 6.45) is 4.48. The van der Waals surface area contributed by atoms with Crippen molar-refractivity contribution in [3.05, 3.63) is 246 Å². The third kappa shape index (κ3) is 9.88. The van der Waals surface area contributed by atoms with Gasteiger partial charge in [0, 0.05) is 44.1 Å². The largest absolute Gasteiger partial charge is 0.495 e. The van der Waals surface area contributed by atoms with Crippen LogP contribution in [0.2, 0.25) is 0 Å². The Morgan fingerprint density at radius 1 is 0.437 bits per heavy atom. The van der Waals surface area contributed by atoms with Crippen LogP contribution in [0.15, 0.2) is 235 Å². The van der Waals surface area contributed by atoms with Gasteiger partial charge in [0.2, 0.25) is 0 Å². The number of nitrogen functional groups attached to an aromatic ring is 1. The maximum absolute atomic E-state index is 5.86. The Morgan fingerprint density at radius 3 is 1.45 bits per heavy atom. The van der Waals surface area contributed by atoms with E-state index >= 15 is 0 Å². The Bertz CT molecular complexity index is 3760. The number of benzene rings is 8. The van der Waals surface area contributed by atoms with Crippen molar-refractivity contribution in [3.8, 4) is 23.1 Å². The number of hydrogen-bond donors (Lipinski definition) is 3. The summed E-state index contributed by atoms with van der Waals surface area (Å²) in [6.45, 7) is 0. The zero-order valence-corrected chi connectivity index (χ0v) is 40.8. The summed E-state index contributed by atoms with van der Waals surface area (Å²) in [5.74, 6) is 3.49. The molecule has 12 aromatic rings. The molecular weight excluding hydrogens is 943 g/mol. The van der Waals surface area contributed by atoms with Crippen molar-refractivity contribution in [2.45, 2.75) is 6.42 Å². The van der Waals surface area contributed by atoms with Crippen molar-refractivity contribution in [1.29, 1.82) is 0 Å². The number of hydrogen-bond acceptors (Lipinski definition) is 7. The maximum atomic E-state index is 5.86. The molecule has 0 saturated carbocycles. The topological polar surface area (TPSA) is 104 Å². The molecule has 0 atom stereocenters.